The number of ether oxygens (including phenoxy) is 3. The largest absolute Gasteiger partial charge is 0.497 e. The summed E-state index contributed by atoms with van der Waals surface area (Å²) in [5.74, 6) is 0.907. The van der Waals surface area contributed by atoms with Crippen molar-refractivity contribution in [3.05, 3.63) is 54.1 Å². The molecule has 0 amide bonds. The zero-order chi connectivity index (χ0) is 17.2. The Morgan fingerprint density at radius 3 is 2.39 bits per heavy atom. The molecule has 1 aromatic rings. The van der Waals surface area contributed by atoms with Gasteiger partial charge in [0, 0.05) is 13.0 Å². The highest BCUT2D eigenvalue weighted by atomic mass is 16.5. The smallest absolute Gasteiger partial charge is 0.118 e. The highest BCUT2D eigenvalue weighted by molar-refractivity contribution is 5.26. The van der Waals surface area contributed by atoms with Gasteiger partial charge in [-0.15, -0.1) is 6.58 Å². The normalized spacial score (nSPS) is 15.8. The van der Waals surface area contributed by atoms with Crippen molar-refractivity contribution in [2.75, 3.05) is 20.8 Å². The molecule has 0 radical (unpaired) electrons. The van der Waals surface area contributed by atoms with Gasteiger partial charge in [0.2, 0.25) is 0 Å². The second-order valence-corrected chi connectivity index (χ2v) is 5.59. The molecule has 23 heavy (non-hydrogen) atoms. The van der Waals surface area contributed by atoms with E-state index in [1.165, 1.54) is 0 Å². The Morgan fingerprint density at radius 2 is 1.91 bits per heavy atom. The van der Waals surface area contributed by atoms with E-state index in [0.29, 0.717) is 6.61 Å². The Balaban J connectivity index is 2.81. The van der Waals surface area contributed by atoms with Crippen molar-refractivity contribution in [2.45, 2.75) is 32.7 Å². The first-order chi connectivity index (χ1) is 11.0. The molecule has 4 nitrogen and oxygen atoms in total. The van der Waals surface area contributed by atoms with Crippen molar-refractivity contribution < 1.29 is 19.3 Å². The minimum atomic E-state index is -0.217. The molecule has 1 aromatic carbocycles. The van der Waals surface area contributed by atoms with Crippen LogP contribution in [0.4, 0.5) is 0 Å². The van der Waals surface area contributed by atoms with Gasteiger partial charge in [0.1, 0.15) is 11.9 Å². The molecule has 0 bridgehead atoms. The van der Waals surface area contributed by atoms with Gasteiger partial charge in [0.25, 0.3) is 0 Å². The highest BCUT2D eigenvalue weighted by Gasteiger charge is 2.24. The number of hydrogen-bond acceptors (Lipinski definition) is 4. The molecular formula is C19H28O4. The summed E-state index contributed by atoms with van der Waals surface area (Å²) in [4.78, 5) is 0. The molecule has 4 heteroatoms. The van der Waals surface area contributed by atoms with E-state index in [-0.39, 0.29) is 24.7 Å². The van der Waals surface area contributed by atoms with Crippen molar-refractivity contribution in [1.29, 1.82) is 0 Å². The third-order valence-electron chi connectivity index (χ3n) is 3.74. The molecule has 0 aliphatic rings. The Hall–Kier alpha value is -1.62. The lowest BCUT2D eigenvalue weighted by molar-refractivity contribution is -0.0606. The lowest BCUT2D eigenvalue weighted by Gasteiger charge is -2.28. The molecule has 0 aromatic heterocycles. The van der Waals surface area contributed by atoms with E-state index >= 15 is 0 Å². The second-order valence-electron chi connectivity index (χ2n) is 5.59. The van der Waals surface area contributed by atoms with Crippen LogP contribution in [0.2, 0.25) is 0 Å². The predicted octanol–water partition coefficient (Wildman–Crippen LogP) is 3.36. The average Bonchev–Trinajstić information content (AvgIpc) is 2.58. The number of aliphatic hydroxyl groups excluding tert-OH is 1. The van der Waals surface area contributed by atoms with Crippen molar-refractivity contribution in [3.8, 4) is 5.75 Å². The monoisotopic (exact) mass is 320 g/mol. The summed E-state index contributed by atoms with van der Waals surface area (Å²) < 4.78 is 16.7. The van der Waals surface area contributed by atoms with E-state index in [4.69, 9.17) is 14.2 Å². The van der Waals surface area contributed by atoms with Crippen LogP contribution in [0.25, 0.3) is 0 Å². The van der Waals surface area contributed by atoms with Gasteiger partial charge in [-0.1, -0.05) is 36.8 Å². The molecule has 0 heterocycles. The molecule has 0 spiro atoms. The summed E-state index contributed by atoms with van der Waals surface area (Å²) >= 11 is 0. The van der Waals surface area contributed by atoms with Gasteiger partial charge in [-0.05, 0) is 24.6 Å². The number of benzene rings is 1. The number of methoxy groups -OCH3 is 2. The first-order valence-corrected chi connectivity index (χ1v) is 7.73. The molecular weight excluding hydrogens is 292 g/mol. The van der Waals surface area contributed by atoms with Gasteiger partial charge in [-0.3, -0.25) is 0 Å². The van der Waals surface area contributed by atoms with E-state index < -0.39 is 0 Å². The van der Waals surface area contributed by atoms with Crippen LogP contribution in [-0.2, 0) is 16.1 Å². The molecule has 1 rings (SSSR count). The van der Waals surface area contributed by atoms with Gasteiger partial charge in [0.05, 0.1) is 26.4 Å². The quantitative estimate of drug-likeness (QED) is 0.672. The maximum absolute atomic E-state index is 9.20. The van der Waals surface area contributed by atoms with E-state index in [0.717, 1.165) is 16.9 Å². The summed E-state index contributed by atoms with van der Waals surface area (Å²) in [5.41, 5.74) is 1.97. The molecule has 0 saturated carbocycles. The molecule has 0 aliphatic heterocycles. The second kappa shape index (κ2) is 10.2. The van der Waals surface area contributed by atoms with Crippen molar-refractivity contribution in [3.63, 3.8) is 0 Å². The highest BCUT2D eigenvalue weighted by Crippen LogP contribution is 2.20. The Labute approximate surface area is 139 Å². The van der Waals surface area contributed by atoms with Crippen molar-refractivity contribution in [1.82, 2.24) is 0 Å². The fourth-order valence-corrected chi connectivity index (χ4v) is 2.42. The van der Waals surface area contributed by atoms with Crippen molar-refractivity contribution >= 4 is 0 Å². The summed E-state index contributed by atoms with van der Waals surface area (Å²) in [7, 11) is 3.29. The average molecular weight is 320 g/mol. The van der Waals surface area contributed by atoms with Gasteiger partial charge in [0.15, 0.2) is 0 Å². The van der Waals surface area contributed by atoms with E-state index in [2.05, 4.69) is 6.58 Å². The SMILES string of the molecule is C=C[C@H](OC)[C@@H](OCc1ccc(OC)cc1)[C@H](C)/C=C(/C)CO. The Kier molecular flexibility index (Phi) is 8.62. The van der Waals surface area contributed by atoms with E-state index in [9.17, 15) is 5.11 Å². The number of hydrogen-bond donors (Lipinski definition) is 1. The van der Waals surface area contributed by atoms with Crippen molar-refractivity contribution in [2.24, 2.45) is 5.92 Å². The summed E-state index contributed by atoms with van der Waals surface area (Å²) in [6.45, 7) is 8.28. The fraction of sp³-hybridized carbons (Fsp3) is 0.474. The van der Waals surface area contributed by atoms with Crippen LogP contribution in [0.15, 0.2) is 48.6 Å². The van der Waals surface area contributed by atoms with Crippen LogP contribution >= 0.6 is 0 Å². The number of aliphatic hydroxyl groups is 1. The summed E-state index contributed by atoms with van der Waals surface area (Å²) in [5, 5.41) is 9.20. The van der Waals surface area contributed by atoms with E-state index in [1.807, 2.05) is 44.2 Å². The molecule has 128 valence electrons. The molecule has 0 unspecified atom stereocenters. The molecule has 0 fully saturated rings. The van der Waals surface area contributed by atoms with Gasteiger partial charge in [-0.25, -0.2) is 0 Å². The third kappa shape index (κ3) is 6.18. The maximum atomic E-state index is 9.20. The van der Waals surface area contributed by atoms with Crippen LogP contribution in [0.5, 0.6) is 5.75 Å². The van der Waals surface area contributed by atoms with Gasteiger partial charge >= 0.3 is 0 Å². The number of rotatable bonds is 10. The predicted molar refractivity (Wildman–Crippen MR) is 92.6 cm³/mol. The summed E-state index contributed by atoms with van der Waals surface area (Å²) in [6, 6.07) is 7.78. The van der Waals surface area contributed by atoms with Gasteiger partial charge < -0.3 is 19.3 Å². The topological polar surface area (TPSA) is 47.9 Å². The van der Waals surface area contributed by atoms with Gasteiger partial charge in [-0.2, -0.15) is 0 Å². The lowest BCUT2D eigenvalue weighted by Crippen LogP contribution is -2.34. The molecule has 3 atom stereocenters. The molecule has 0 aliphatic carbocycles. The zero-order valence-electron chi connectivity index (χ0n) is 14.5. The lowest BCUT2D eigenvalue weighted by atomic mass is 9.97. The summed E-state index contributed by atoms with van der Waals surface area (Å²) in [6.07, 6.45) is 3.36. The third-order valence-corrected chi connectivity index (χ3v) is 3.74. The maximum Gasteiger partial charge on any atom is 0.118 e. The minimum absolute atomic E-state index is 0.0429. The molecule has 0 saturated heterocycles. The standard InChI is InChI=1S/C19H28O4/c1-6-18(22-5)19(15(3)11-14(2)12-20)23-13-16-7-9-17(21-4)10-8-16/h6-11,15,18-20H,1,12-13H2,2-5H3/b14-11-/t15-,18+,19+/m1/s1. The Bertz CT molecular complexity index is 493. The van der Waals surface area contributed by atoms with Crippen LogP contribution in [0.1, 0.15) is 19.4 Å². The van der Waals surface area contributed by atoms with Crippen LogP contribution in [-0.4, -0.2) is 38.1 Å². The minimum Gasteiger partial charge on any atom is -0.497 e. The fourth-order valence-electron chi connectivity index (χ4n) is 2.42. The zero-order valence-corrected chi connectivity index (χ0v) is 14.5. The van der Waals surface area contributed by atoms with Crippen LogP contribution < -0.4 is 4.74 Å². The Morgan fingerprint density at radius 1 is 1.26 bits per heavy atom. The first-order valence-electron chi connectivity index (χ1n) is 7.73. The van der Waals surface area contributed by atoms with Crippen LogP contribution in [0.3, 0.4) is 0 Å². The molecule has 1 N–H and O–H groups in total. The van der Waals surface area contributed by atoms with Crippen LogP contribution in [0, 0.1) is 5.92 Å². The van der Waals surface area contributed by atoms with E-state index in [1.54, 1.807) is 20.3 Å². The first kappa shape index (κ1) is 19.4.